The number of aliphatic hydroxyl groups is 1. The highest BCUT2D eigenvalue weighted by atomic mass is 16.4. The molecule has 0 radical (unpaired) electrons. The molecule has 0 aliphatic heterocycles. The maximum absolute atomic E-state index is 10.3. The molecule has 6 N–H and O–H groups in total. The SMILES string of the molecule is CC(=O)O.CCCC(=O)O.O=C(O)CC(O)(CC(=O)O)C(=O)O. The van der Waals surface area contributed by atoms with Gasteiger partial charge in [-0.3, -0.25) is 19.2 Å². The van der Waals surface area contributed by atoms with Crippen LogP contribution < -0.4 is 0 Å². The highest BCUT2D eigenvalue weighted by Crippen LogP contribution is 2.15. The van der Waals surface area contributed by atoms with Gasteiger partial charge in [-0.05, 0) is 6.42 Å². The van der Waals surface area contributed by atoms with Gasteiger partial charge in [-0.15, -0.1) is 0 Å². The quantitative estimate of drug-likeness (QED) is 0.355. The third-order valence-electron chi connectivity index (χ3n) is 1.75. The third kappa shape index (κ3) is 21.8. The minimum absolute atomic E-state index is 0.292. The molecular formula is C12H20O11. The van der Waals surface area contributed by atoms with Gasteiger partial charge in [0.25, 0.3) is 5.97 Å². The molecule has 0 aromatic carbocycles. The first kappa shape index (κ1) is 25.3. The Morgan fingerprint density at radius 3 is 1.17 bits per heavy atom. The van der Waals surface area contributed by atoms with Gasteiger partial charge in [0, 0.05) is 13.3 Å². The zero-order valence-corrected chi connectivity index (χ0v) is 12.6. The summed E-state index contributed by atoms with van der Waals surface area (Å²) in [4.78, 5) is 49.1. The first-order valence-corrected chi connectivity index (χ1v) is 6.09. The molecule has 0 fully saturated rings. The lowest BCUT2D eigenvalue weighted by atomic mass is 9.96. The molecule has 0 unspecified atom stereocenters. The van der Waals surface area contributed by atoms with E-state index in [2.05, 4.69) is 0 Å². The fourth-order valence-electron chi connectivity index (χ4n) is 0.928. The van der Waals surface area contributed by atoms with Gasteiger partial charge in [0.15, 0.2) is 5.60 Å². The molecular weight excluding hydrogens is 320 g/mol. The van der Waals surface area contributed by atoms with Crippen molar-refractivity contribution in [2.24, 2.45) is 0 Å². The molecule has 11 heteroatoms. The summed E-state index contributed by atoms with van der Waals surface area (Å²) in [6, 6.07) is 0. The second-order valence-corrected chi connectivity index (χ2v) is 4.14. The normalized spacial score (nSPS) is 9.35. The van der Waals surface area contributed by atoms with Gasteiger partial charge in [0.2, 0.25) is 0 Å². The van der Waals surface area contributed by atoms with Crippen LogP contribution in [-0.2, 0) is 24.0 Å². The van der Waals surface area contributed by atoms with Crippen LogP contribution in [0.2, 0.25) is 0 Å². The first-order chi connectivity index (χ1) is 10.3. The predicted octanol–water partition coefficient (Wildman–Crippen LogP) is -0.286. The van der Waals surface area contributed by atoms with E-state index in [0.717, 1.165) is 13.3 Å². The number of hydrogen-bond acceptors (Lipinski definition) is 6. The monoisotopic (exact) mass is 340 g/mol. The molecule has 0 atom stereocenters. The van der Waals surface area contributed by atoms with Gasteiger partial charge in [0.05, 0.1) is 12.8 Å². The van der Waals surface area contributed by atoms with Crippen molar-refractivity contribution < 1.29 is 54.6 Å². The van der Waals surface area contributed by atoms with Crippen LogP contribution in [0.15, 0.2) is 0 Å². The van der Waals surface area contributed by atoms with Gasteiger partial charge in [-0.1, -0.05) is 6.92 Å². The van der Waals surface area contributed by atoms with Crippen molar-refractivity contribution in [3.8, 4) is 0 Å². The standard InChI is InChI=1S/C6H8O7.C4H8O2.C2H4O2/c7-3(8)1-6(13,5(11)12)2-4(9)10;1-2-3-4(5)6;1-2(3)4/h13H,1-2H2,(H,7,8)(H,9,10)(H,11,12);2-3H2,1H3,(H,5,6);1H3,(H,3,4). The van der Waals surface area contributed by atoms with Crippen molar-refractivity contribution in [3.63, 3.8) is 0 Å². The van der Waals surface area contributed by atoms with E-state index in [-0.39, 0.29) is 0 Å². The topological polar surface area (TPSA) is 207 Å². The van der Waals surface area contributed by atoms with E-state index in [0.29, 0.717) is 6.42 Å². The Balaban J connectivity index is -0.000000330. The van der Waals surface area contributed by atoms with Crippen LogP contribution in [0, 0.1) is 0 Å². The van der Waals surface area contributed by atoms with E-state index < -0.39 is 48.3 Å². The lowest BCUT2D eigenvalue weighted by molar-refractivity contribution is -0.170. The number of carboxylic acid groups (broad SMARTS) is 5. The van der Waals surface area contributed by atoms with Crippen LogP contribution in [0.4, 0.5) is 0 Å². The Morgan fingerprint density at radius 2 is 1.09 bits per heavy atom. The molecule has 0 amide bonds. The zero-order chi connectivity index (χ0) is 19.2. The summed E-state index contributed by atoms with van der Waals surface area (Å²) in [6.07, 6.45) is -1.27. The summed E-state index contributed by atoms with van der Waals surface area (Å²) in [5.41, 5.74) is -2.74. The van der Waals surface area contributed by atoms with Crippen LogP contribution >= 0.6 is 0 Å². The number of carboxylic acids is 5. The molecule has 0 aliphatic rings. The van der Waals surface area contributed by atoms with E-state index in [4.69, 9.17) is 35.4 Å². The maximum atomic E-state index is 10.3. The fraction of sp³-hybridized carbons (Fsp3) is 0.583. The smallest absolute Gasteiger partial charge is 0.336 e. The highest BCUT2D eigenvalue weighted by molar-refractivity contribution is 5.88. The summed E-state index contributed by atoms with van der Waals surface area (Å²) >= 11 is 0. The number of aliphatic carboxylic acids is 5. The Labute approximate surface area is 130 Å². The Kier molecular flexibility index (Phi) is 14.3. The Bertz CT molecular complexity index is 407. The van der Waals surface area contributed by atoms with Crippen LogP contribution in [0.25, 0.3) is 0 Å². The van der Waals surface area contributed by atoms with Gasteiger partial charge in [-0.25, -0.2) is 4.79 Å². The number of carbonyl (C=O) groups is 5. The fourth-order valence-corrected chi connectivity index (χ4v) is 0.928. The van der Waals surface area contributed by atoms with Crippen molar-refractivity contribution >= 4 is 29.8 Å². The molecule has 0 aromatic rings. The average Bonchev–Trinajstić information content (AvgIpc) is 2.25. The minimum Gasteiger partial charge on any atom is -0.481 e. The lowest BCUT2D eigenvalue weighted by Crippen LogP contribution is -2.42. The van der Waals surface area contributed by atoms with Gasteiger partial charge in [0.1, 0.15) is 0 Å². The first-order valence-electron chi connectivity index (χ1n) is 6.09. The Hall–Kier alpha value is -2.69. The number of rotatable bonds is 7. The van der Waals surface area contributed by atoms with Crippen molar-refractivity contribution in [2.45, 2.75) is 45.1 Å². The lowest BCUT2D eigenvalue weighted by Gasteiger charge is -2.18. The van der Waals surface area contributed by atoms with Crippen LogP contribution in [0.5, 0.6) is 0 Å². The van der Waals surface area contributed by atoms with E-state index in [1.165, 1.54) is 0 Å². The van der Waals surface area contributed by atoms with Gasteiger partial charge >= 0.3 is 23.9 Å². The molecule has 0 aromatic heterocycles. The molecule has 0 heterocycles. The van der Waals surface area contributed by atoms with E-state index in [9.17, 15) is 19.2 Å². The summed E-state index contributed by atoms with van der Waals surface area (Å²) in [7, 11) is 0. The van der Waals surface area contributed by atoms with Crippen LogP contribution in [0.1, 0.15) is 39.5 Å². The van der Waals surface area contributed by atoms with Gasteiger partial charge < -0.3 is 30.6 Å². The summed E-state index contributed by atoms with van der Waals surface area (Å²) in [5, 5.41) is 49.1. The van der Waals surface area contributed by atoms with Crippen molar-refractivity contribution in [1.82, 2.24) is 0 Å². The zero-order valence-electron chi connectivity index (χ0n) is 12.6. The van der Waals surface area contributed by atoms with Crippen LogP contribution in [0.3, 0.4) is 0 Å². The van der Waals surface area contributed by atoms with Crippen molar-refractivity contribution in [1.29, 1.82) is 0 Å². The van der Waals surface area contributed by atoms with E-state index in [1.807, 2.05) is 6.92 Å². The molecule has 134 valence electrons. The molecule has 0 bridgehead atoms. The van der Waals surface area contributed by atoms with Crippen LogP contribution in [-0.4, -0.2) is 66.1 Å². The Morgan fingerprint density at radius 1 is 0.783 bits per heavy atom. The summed E-state index contributed by atoms with van der Waals surface area (Å²) in [6.45, 7) is 2.92. The summed E-state index contributed by atoms with van der Waals surface area (Å²) in [5.74, 6) is -6.56. The average molecular weight is 340 g/mol. The molecule has 0 spiro atoms. The van der Waals surface area contributed by atoms with Crippen molar-refractivity contribution in [2.75, 3.05) is 0 Å². The highest BCUT2D eigenvalue weighted by Gasteiger charge is 2.40. The van der Waals surface area contributed by atoms with Gasteiger partial charge in [-0.2, -0.15) is 0 Å². The second-order valence-electron chi connectivity index (χ2n) is 4.14. The summed E-state index contributed by atoms with van der Waals surface area (Å²) < 4.78 is 0. The predicted molar refractivity (Wildman–Crippen MR) is 72.9 cm³/mol. The molecule has 0 saturated carbocycles. The van der Waals surface area contributed by atoms with Crippen molar-refractivity contribution in [3.05, 3.63) is 0 Å². The molecule has 11 nitrogen and oxygen atoms in total. The second kappa shape index (κ2) is 13.0. The van der Waals surface area contributed by atoms with E-state index in [1.54, 1.807) is 0 Å². The molecule has 0 rings (SSSR count). The maximum Gasteiger partial charge on any atom is 0.336 e. The largest absolute Gasteiger partial charge is 0.481 e. The number of hydrogen-bond donors (Lipinski definition) is 6. The molecule has 0 aliphatic carbocycles. The third-order valence-corrected chi connectivity index (χ3v) is 1.75. The molecule has 23 heavy (non-hydrogen) atoms. The minimum atomic E-state index is -2.74. The molecule has 0 saturated heterocycles. The van der Waals surface area contributed by atoms with E-state index >= 15 is 0 Å².